The SMILES string of the molecule is COc1c(N)ncnc1Nc1ccc(Cl)c(Br)c1. The predicted molar refractivity (Wildman–Crippen MR) is 75.4 cm³/mol. The van der Waals surface area contributed by atoms with E-state index in [1.807, 2.05) is 12.1 Å². The van der Waals surface area contributed by atoms with Crippen molar-refractivity contribution in [3.8, 4) is 5.75 Å². The Kier molecular flexibility index (Phi) is 3.88. The number of aromatic nitrogens is 2. The Morgan fingerprint density at radius 3 is 2.83 bits per heavy atom. The van der Waals surface area contributed by atoms with Crippen molar-refractivity contribution in [1.29, 1.82) is 0 Å². The van der Waals surface area contributed by atoms with E-state index in [0.717, 1.165) is 10.2 Å². The summed E-state index contributed by atoms with van der Waals surface area (Å²) in [6.45, 7) is 0. The van der Waals surface area contributed by atoms with Crippen LogP contribution in [0, 0.1) is 0 Å². The number of nitrogens with one attached hydrogen (secondary N) is 1. The lowest BCUT2D eigenvalue weighted by Crippen LogP contribution is -2.02. The maximum absolute atomic E-state index is 5.92. The van der Waals surface area contributed by atoms with Crippen LogP contribution in [0.1, 0.15) is 0 Å². The van der Waals surface area contributed by atoms with Crippen molar-refractivity contribution in [2.45, 2.75) is 0 Å². The zero-order valence-electron chi connectivity index (χ0n) is 9.45. The highest BCUT2D eigenvalue weighted by atomic mass is 79.9. The second kappa shape index (κ2) is 5.41. The third kappa shape index (κ3) is 2.65. The van der Waals surface area contributed by atoms with E-state index in [9.17, 15) is 0 Å². The number of nitrogen functional groups attached to an aromatic ring is 1. The van der Waals surface area contributed by atoms with Crippen LogP contribution in [0.4, 0.5) is 17.3 Å². The lowest BCUT2D eigenvalue weighted by atomic mass is 10.3. The molecule has 0 saturated carbocycles. The monoisotopic (exact) mass is 328 g/mol. The molecule has 18 heavy (non-hydrogen) atoms. The Bertz CT molecular complexity index is 579. The van der Waals surface area contributed by atoms with Crippen molar-refractivity contribution >= 4 is 44.9 Å². The smallest absolute Gasteiger partial charge is 0.204 e. The number of nitrogens with zero attached hydrogens (tertiary/aromatic N) is 2. The summed E-state index contributed by atoms with van der Waals surface area (Å²) >= 11 is 9.27. The fourth-order valence-corrected chi connectivity index (χ4v) is 1.88. The number of anilines is 3. The van der Waals surface area contributed by atoms with Gasteiger partial charge in [-0.1, -0.05) is 11.6 Å². The van der Waals surface area contributed by atoms with Crippen molar-refractivity contribution < 1.29 is 4.74 Å². The molecular formula is C11H10BrClN4O. The summed E-state index contributed by atoms with van der Waals surface area (Å²) in [5.74, 6) is 1.19. The first kappa shape index (κ1) is 12.9. The highest BCUT2D eigenvalue weighted by Gasteiger charge is 2.10. The highest BCUT2D eigenvalue weighted by molar-refractivity contribution is 9.10. The molecule has 5 nitrogen and oxygen atoms in total. The quantitative estimate of drug-likeness (QED) is 0.904. The molecule has 0 aliphatic carbocycles. The Morgan fingerprint density at radius 2 is 2.17 bits per heavy atom. The lowest BCUT2D eigenvalue weighted by molar-refractivity contribution is 0.415. The first-order valence-electron chi connectivity index (χ1n) is 4.98. The molecule has 0 atom stereocenters. The summed E-state index contributed by atoms with van der Waals surface area (Å²) in [6.07, 6.45) is 1.37. The zero-order valence-corrected chi connectivity index (χ0v) is 11.8. The number of rotatable bonds is 3. The molecule has 2 aromatic rings. The van der Waals surface area contributed by atoms with Crippen LogP contribution in [0.5, 0.6) is 5.75 Å². The summed E-state index contributed by atoms with van der Waals surface area (Å²) in [7, 11) is 1.51. The van der Waals surface area contributed by atoms with Crippen LogP contribution in [0.3, 0.4) is 0 Å². The van der Waals surface area contributed by atoms with Crippen LogP contribution in [0.15, 0.2) is 29.0 Å². The molecule has 0 aliphatic heterocycles. The van der Waals surface area contributed by atoms with Gasteiger partial charge in [-0.25, -0.2) is 9.97 Å². The van der Waals surface area contributed by atoms with Crippen LogP contribution < -0.4 is 15.8 Å². The number of hydrogen-bond donors (Lipinski definition) is 2. The highest BCUT2D eigenvalue weighted by Crippen LogP contribution is 2.31. The maximum Gasteiger partial charge on any atom is 0.204 e. The van der Waals surface area contributed by atoms with Crippen molar-refractivity contribution in [2.75, 3.05) is 18.2 Å². The molecule has 7 heteroatoms. The molecule has 2 rings (SSSR count). The van der Waals surface area contributed by atoms with Crippen LogP contribution in [0.25, 0.3) is 0 Å². The number of benzene rings is 1. The number of halogens is 2. The second-order valence-corrected chi connectivity index (χ2v) is 4.66. The minimum absolute atomic E-state index is 0.281. The Hall–Kier alpha value is -1.53. The molecule has 0 amide bonds. The minimum Gasteiger partial charge on any atom is -0.490 e. The molecule has 1 heterocycles. The first-order chi connectivity index (χ1) is 8.61. The third-order valence-electron chi connectivity index (χ3n) is 2.22. The average molecular weight is 330 g/mol. The van der Waals surface area contributed by atoms with Gasteiger partial charge in [0.2, 0.25) is 5.75 Å². The number of nitrogens with two attached hydrogens (primary N) is 1. The van der Waals surface area contributed by atoms with E-state index in [1.54, 1.807) is 6.07 Å². The third-order valence-corrected chi connectivity index (χ3v) is 3.43. The number of ether oxygens (including phenoxy) is 1. The van der Waals surface area contributed by atoms with Gasteiger partial charge in [0, 0.05) is 10.2 Å². The molecule has 0 fully saturated rings. The molecule has 0 saturated heterocycles. The van der Waals surface area contributed by atoms with E-state index in [0.29, 0.717) is 16.6 Å². The first-order valence-corrected chi connectivity index (χ1v) is 6.15. The van der Waals surface area contributed by atoms with Crippen LogP contribution in [-0.4, -0.2) is 17.1 Å². The van der Waals surface area contributed by atoms with Crippen LogP contribution >= 0.6 is 27.5 Å². The summed E-state index contributed by atoms with van der Waals surface area (Å²) in [5, 5.41) is 3.72. The van der Waals surface area contributed by atoms with Crippen molar-refractivity contribution in [3.05, 3.63) is 34.0 Å². The van der Waals surface area contributed by atoms with Gasteiger partial charge in [-0.15, -0.1) is 0 Å². The van der Waals surface area contributed by atoms with Gasteiger partial charge in [-0.3, -0.25) is 0 Å². The molecule has 3 N–H and O–H groups in total. The van der Waals surface area contributed by atoms with E-state index in [4.69, 9.17) is 22.1 Å². The van der Waals surface area contributed by atoms with E-state index in [1.165, 1.54) is 13.4 Å². The van der Waals surface area contributed by atoms with E-state index >= 15 is 0 Å². The van der Waals surface area contributed by atoms with E-state index in [-0.39, 0.29) is 5.82 Å². The number of hydrogen-bond acceptors (Lipinski definition) is 5. The molecule has 1 aromatic heterocycles. The summed E-state index contributed by atoms with van der Waals surface area (Å²) in [4.78, 5) is 7.94. The molecule has 94 valence electrons. The standard InChI is InChI=1S/C11H10BrClN4O/c1-18-9-10(14)15-5-16-11(9)17-6-2-3-8(13)7(12)4-6/h2-5H,1H3,(H3,14,15,16,17). The van der Waals surface area contributed by atoms with E-state index in [2.05, 4.69) is 31.2 Å². The summed E-state index contributed by atoms with van der Waals surface area (Å²) in [5.41, 5.74) is 6.50. The van der Waals surface area contributed by atoms with Crippen molar-refractivity contribution in [3.63, 3.8) is 0 Å². The molecule has 0 aliphatic rings. The fraction of sp³-hybridized carbons (Fsp3) is 0.0909. The second-order valence-electron chi connectivity index (χ2n) is 3.39. The molecule has 0 unspecified atom stereocenters. The largest absolute Gasteiger partial charge is 0.490 e. The minimum atomic E-state index is 0.281. The van der Waals surface area contributed by atoms with Crippen molar-refractivity contribution in [2.24, 2.45) is 0 Å². The van der Waals surface area contributed by atoms with Gasteiger partial charge < -0.3 is 15.8 Å². The maximum atomic E-state index is 5.92. The van der Waals surface area contributed by atoms with Gasteiger partial charge in [0.05, 0.1) is 12.1 Å². The summed E-state index contributed by atoms with van der Waals surface area (Å²) < 4.78 is 5.94. The number of methoxy groups -OCH3 is 1. The topological polar surface area (TPSA) is 73.1 Å². The Morgan fingerprint density at radius 1 is 1.39 bits per heavy atom. The van der Waals surface area contributed by atoms with Crippen LogP contribution in [-0.2, 0) is 0 Å². The predicted octanol–water partition coefficient (Wildman–Crippen LogP) is 3.23. The molecule has 0 radical (unpaired) electrons. The van der Waals surface area contributed by atoms with Gasteiger partial charge >= 0.3 is 0 Å². The summed E-state index contributed by atoms with van der Waals surface area (Å²) in [6, 6.07) is 5.43. The van der Waals surface area contributed by atoms with Gasteiger partial charge in [0.25, 0.3) is 0 Å². The van der Waals surface area contributed by atoms with Gasteiger partial charge in [0.15, 0.2) is 11.6 Å². The van der Waals surface area contributed by atoms with Crippen LogP contribution in [0.2, 0.25) is 5.02 Å². The van der Waals surface area contributed by atoms with Gasteiger partial charge in [0.1, 0.15) is 6.33 Å². The van der Waals surface area contributed by atoms with Gasteiger partial charge in [-0.05, 0) is 34.1 Å². The van der Waals surface area contributed by atoms with E-state index < -0.39 is 0 Å². The molecule has 0 bridgehead atoms. The molecular weight excluding hydrogens is 320 g/mol. The molecule has 1 aromatic carbocycles. The van der Waals surface area contributed by atoms with Crippen molar-refractivity contribution in [1.82, 2.24) is 9.97 Å². The normalized spacial score (nSPS) is 10.2. The zero-order chi connectivity index (χ0) is 13.1. The Labute approximate surface area is 117 Å². The van der Waals surface area contributed by atoms with Gasteiger partial charge in [-0.2, -0.15) is 0 Å². The fourth-order valence-electron chi connectivity index (χ4n) is 1.39. The Balaban J connectivity index is 2.34. The molecule has 0 spiro atoms. The lowest BCUT2D eigenvalue weighted by Gasteiger charge is -2.11. The average Bonchev–Trinajstić information content (AvgIpc) is 2.34.